The Kier molecular flexibility index (Phi) is 4.99. The fourth-order valence-electron chi connectivity index (χ4n) is 4.60. The number of ether oxygens (including phenoxy) is 2. The van der Waals surface area contributed by atoms with Crippen LogP contribution in [0.1, 0.15) is 34.1 Å². The topological polar surface area (TPSA) is 91.1 Å². The predicted molar refractivity (Wildman–Crippen MR) is 128 cm³/mol. The van der Waals surface area contributed by atoms with Crippen molar-refractivity contribution in [3.05, 3.63) is 113 Å². The first-order valence-electron chi connectivity index (χ1n) is 11.3. The molecular weight excluding hydrogens is 442 g/mol. The molecule has 1 aliphatic rings. The first-order valence-corrected chi connectivity index (χ1v) is 11.3. The Bertz CT molecular complexity index is 1550. The van der Waals surface area contributed by atoms with Gasteiger partial charge in [0.05, 0.1) is 48.3 Å². The summed E-state index contributed by atoms with van der Waals surface area (Å²) in [7, 11) is 1.65. The molecule has 1 atom stereocenters. The molecular formula is C27H23N5O3. The van der Waals surface area contributed by atoms with Gasteiger partial charge in [0.2, 0.25) is 11.8 Å². The summed E-state index contributed by atoms with van der Waals surface area (Å²) in [4.78, 5) is 4.63. The number of para-hydroxylation sites is 1. The third-order valence-electron chi connectivity index (χ3n) is 6.28. The third kappa shape index (κ3) is 3.50. The molecule has 1 unspecified atom stereocenters. The van der Waals surface area contributed by atoms with Crippen LogP contribution in [0.25, 0.3) is 5.69 Å². The third-order valence-corrected chi connectivity index (χ3v) is 6.28. The van der Waals surface area contributed by atoms with Crippen molar-refractivity contribution < 1.29 is 13.9 Å². The van der Waals surface area contributed by atoms with Crippen LogP contribution < -0.4 is 15.0 Å². The smallest absolute Gasteiger partial charge is 0.230 e. The quantitative estimate of drug-likeness (QED) is 0.395. The lowest BCUT2D eigenvalue weighted by Crippen LogP contribution is -2.30. The van der Waals surface area contributed by atoms with E-state index >= 15 is 0 Å². The second-order valence-electron chi connectivity index (χ2n) is 8.38. The summed E-state index contributed by atoms with van der Waals surface area (Å²) < 4.78 is 20.8. The first kappa shape index (κ1) is 21.0. The van der Waals surface area contributed by atoms with E-state index in [-0.39, 0.29) is 5.92 Å². The predicted octanol–water partition coefficient (Wildman–Crippen LogP) is 4.79. The van der Waals surface area contributed by atoms with Crippen molar-refractivity contribution in [3.8, 4) is 23.2 Å². The Morgan fingerprint density at radius 1 is 1.00 bits per heavy atom. The molecule has 0 bridgehead atoms. The Labute approximate surface area is 201 Å². The SMILES string of the molecule is COc1ccc(C2c3c(C)nn(-c4ccccc4)c3Oc3ncn(Cc4ccco4)c(=N)c32)cc1. The van der Waals surface area contributed by atoms with Gasteiger partial charge in [0.15, 0.2) is 0 Å². The van der Waals surface area contributed by atoms with E-state index in [1.807, 2.05) is 73.7 Å². The number of aromatic nitrogens is 4. The average Bonchev–Trinajstić information content (AvgIpc) is 3.53. The molecule has 2 aromatic carbocycles. The summed E-state index contributed by atoms with van der Waals surface area (Å²) in [6.07, 6.45) is 3.25. The molecule has 174 valence electrons. The highest BCUT2D eigenvalue weighted by molar-refractivity contribution is 5.57. The molecule has 0 amide bonds. The molecule has 6 rings (SSSR count). The highest BCUT2D eigenvalue weighted by Crippen LogP contribution is 2.47. The summed E-state index contributed by atoms with van der Waals surface area (Å²) >= 11 is 0. The molecule has 1 aliphatic heterocycles. The zero-order valence-corrected chi connectivity index (χ0v) is 19.3. The largest absolute Gasteiger partial charge is 0.497 e. The van der Waals surface area contributed by atoms with Crippen LogP contribution in [0.2, 0.25) is 0 Å². The summed E-state index contributed by atoms with van der Waals surface area (Å²) in [5.74, 6) is 2.23. The van der Waals surface area contributed by atoms with E-state index in [0.717, 1.165) is 34.0 Å². The van der Waals surface area contributed by atoms with Crippen molar-refractivity contribution >= 4 is 0 Å². The fourth-order valence-corrected chi connectivity index (χ4v) is 4.60. The molecule has 5 aromatic rings. The van der Waals surface area contributed by atoms with E-state index in [1.165, 1.54) is 0 Å². The van der Waals surface area contributed by atoms with Crippen LogP contribution >= 0.6 is 0 Å². The minimum atomic E-state index is -0.291. The second-order valence-corrected chi connectivity index (χ2v) is 8.38. The Morgan fingerprint density at radius 2 is 1.80 bits per heavy atom. The molecule has 3 aromatic heterocycles. The number of nitrogens with one attached hydrogen (secondary N) is 1. The molecule has 4 heterocycles. The number of rotatable bonds is 5. The lowest BCUT2D eigenvalue weighted by atomic mass is 9.84. The van der Waals surface area contributed by atoms with Gasteiger partial charge in [-0.3, -0.25) is 5.41 Å². The van der Waals surface area contributed by atoms with Crippen LogP contribution in [-0.2, 0) is 6.54 Å². The van der Waals surface area contributed by atoms with Crippen LogP contribution in [0.5, 0.6) is 17.5 Å². The van der Waals surface area contributed by atoms with Gasteiger partial charge in [-0.1, -0.05) is 30.3 Å². The van der Waals surface area contributed by atoms with Crippen LogP contribution in [0.3, 0.4) is 0 Å². The van der Waals surface area contributed by atoms with E-state index in [4.69, 9.17) is 24.4 Å². The van der Waals surface area contributed by atoms with Gasteiger partial charge >= 0.3 is 0 Å². The molecule has 0 saturated heterocycles. The summed E-state index contributed by atoms with van der Waals surface area (Å²) in [6.45, 7) is 2.37. The molecule has 0 spiro atoms. The number of hydrogen-bond donors (Lipinski definition) is 1. The maximum absolute atomic E-state index is 9.12. The van der Waals surface area contributed by atoms with Crippen LogP contribution in [0.15, 0.2) is 83.7 Å². The zero-order valence-electron chi connectivity index (χ0n) is 19.3. The molecule has 0 fully saturated rings. The van der Waals surface area contributed by atoms with Gasteiger partial charge in [-0.05, 0) is 48.9 Å². The fraction of sp³-hybridized carbons (Fsp3) is 0.148. The van der Waals surface area contributed by atoms with Gasteiger partial charge in [0.1, 0.15) is 23.3 Å². The Hall–Kier alpha value is -4.59. The second kappa shape index (κ2) is 8.32. The Morgan fingerprint density at radius 3 is 2.51 bits per heavy atom. The van der Waals surface area contributed by atoms with Crippen LogP contribution in [0, 0.1) is 12.3 Å². The van der Waals surface area contributed by atoms with E-state index in [0.29, 0.717) is 29.4 Å². The standard InChI is InChI=1S/C27H23N5O3/c1-17-22-23(18-10-12-20(33-2)13-11-18)24-25(28)31(15-21-9-6-14-34-21)16-29-26(24)35-27(22)32(30-17)19-7-4-3-5-8-19/h3-14,16,23,28H,15H2,1-2H3. The Balaban J connectivity index is 1.57. The van der Waals surface area contributed by atoms with E-state index in [9.17, 15) is 0 Å². The minimum Gasteiger partial charge on any atom is -0.497 e. The molecule has 35 heavy (non-hydrogen) atoms. The van der Waals surface area contributed by atoms with Gasteiger partial charge in [0.25, 0.3) is 0 Å². The van der Waals surface area contributed by atoms with E-state index in [1.54, 1.807) is 28.9 Å². The molecule has 8 nitrogen and oxygen atoms in total. The van der Waals surface area contributed by atoms with Crippen LogP contribution in [-0.4, -0.2) is 26.4 Å². The van der Waals surface area contributed by atoms with Gasteiger partial charge in [-0.15, -0.1) is 0 Å². The monoisotopic (exact) mass is 465 g/mol. The maximum atomic E-state index is 9.12. The van der Waals surface area contributed by atoms with Gasteiger partial charge < -0.3 is 18.5 Å². The van der Waals surface area contributed by atoms with Gasteiger partial charge in [0, 0.05) is 0 Å². The molecule has 0 saturated carbocycles. The number of fused-ring (bicyclic) bond motifs is 2. The highest BCUT2D eigenvalue weighted by atomic mass is 16.5. The van der Waals surface area contributed by atoms with Crippen molar-refractivity contribution in [2.24, 2.45) is 0 Å². The normalized spacial score (nSPS) is 14.2. The number of benzene rings is 2. The van der Waals surface area contributed by atoms with Gasteiger partial charge in [-0.25, -0.2) is 9.67 Å². The van der Waals surface area contributed by atoms with Crippen molar-refractivity contribution in [2.45, 2.75) is 19.4 Å². The van der Waals surface area contributed by atoms with E-state index in [2.05, 4.69) is 4.98 Å². The van der Waals surface area contributed by atoms with E-state index < -0.39 is 0 Å². The van der Waals surface area contributed by atoms with Crippen molar-refractivity contribution in [1.82, 2.24) is 19.3 Å². The summed E-state index contributed by atoms with van der Waals surface area (Å²) in [5, 5.41) is 13.9. The van der Waals surface area contributed by atoms with Crippen molar-refractivity contribution in [3.63, 3.8) is 0 Å². The number of nitrogens with zero attached hydrogens (tertiary/aromatic N) is 4. The summed E-state index contributed by atoms with van der Waals surface area (Å²) in [6, 6.07) is 21.5. The molecule has 8 heteroatoms. The number of furan rings is 1. The first-order chi connectivity index (χ1) is 17.1. The molecule has 1 N–H and O–H groups in total. The van der Waals surface area contributed by atoms with Crippen LogP contribution in [0.4, 0.5) is 0 Å². The molecule has 0 radical (unpaired) electrons. The minimum absolute atomic E-state index is 0.291. The summed E-state index contributed by atoms with van der Waals surface area (Å²) in [5.41, 5.74) is 4.63. The van der Waals surface area contributed by atoms with Crippen molar-refractivity contribution in [2.75, 3.05) is 7.11 Å². The maximum Gasteiger partial charge on any atom is 0.230 e. The molecule has 0 aliphatic carbocycles. The van der Waals surface area contributed by atoms with Crippen molar-refractivity contribution in [1.29, 1.82) is 5.41 Å². The lowest BCUT2D eigenvalue weighted by Gasteiger charge is -2.27. The highest BCUT2D eigenvalue weighted by Gasteiger charge is 2.37. The zero-order chi connectivity index (χ0) is 23.9. The lowest BCUT2D eigenvalue weighted by molar-refractivity contribution is 0.393. The number of methoxy groups -OCH3 is 1. The number of aryl methyl sites for hydroxylation is 1. The number of hydrogen-bond acceptors (Lipinski definition) is 6. The van der Waals surface area contributed by atoms with Gasteiger partial charge in [-0.2, -0.15) is 5.10 Å². The average molecular weight is 466 g/mol.